The molecule has 0 aliphatic rings. The third kappa shape index (κ3) is 8.66. The first kappa shape index (κ1) is 36.1. The third-order valence-electron chi connectivity index (χ3n) is 11.3. The average Bonchev–Trinajstić information content (AvgIpc) is 3.64. The number of para-hydroxylation sites is 1. The second-order valence-corrected chi connectivity index (χ2v) is 18.9. The number of aryl methyl sites for hydroxylation is 2. The van der Waals surface area contributed by atoms with Gasteiger partial charge in [0, 0.05) is 46.7 Å². The molecular formula is C56H56N3OPt-. The summed E-state index contributed by atoms with van der Waals surface area (Å²) in [5.74, 6) is 0.508. The van der Waals surface area contributed by atoms with Gasteiger partial charge in [-0.15, -0.1) is 23.8 Å². The van der Waals surface area contributed by atoms with Crippen molar-refractivity contribution in [1.29, 1.82) is 0 Å². The summed E-state index contributed by atoms with van der Waals surface area (Å²) in [6.45, 7) is 14.2. The van der Waals surface area contributed by atoms with Crippen molar-refractivity contribution < 1.29 is 34.4 Å². The fourth-order valence-corrected chi connectivity index (χ4v) is 7.82. The molecule has 0 unspecified atom stereocenters. The fourth-order valence-electron chi connectivity index (χ4n) is 7.82. The van der Waals surface area contributed by atoms with Crippen LogP contribution in [0.15, 0.2) is 134 Å². The number of pyridine rings is 1. The van der Waals surface area contributed by atoms with Crippen molar-refractivity contribution in [3.05, 3.63) is 167 Å². The molecule has 0 atom stereocenters. The number of aromatic nitrogens is 3. The van der Waals surface area contributed by atoms with E-state index < -0.39 is 19.1 Å². The number of phenols is 1. The zero-order chi connectivity index (χ0) is 47.7. The number of hydrogen-bond donors (Lipinski definition) is 1. The Morgan fingerprint density at radius 3 is 1.97 bits per heavy atom. The van der Waals surface area contributed by atoms with Gasteiger partial charge in [0.05, 0.1) is 22.3 Å². The van der Waals surface area contributed by atoms with Crippen LogP contribution >= 0.6 is 0 Å². The van der Waals surface area contributed by atoms with Gasteiger partial charge in [-0.25, -0.2) is 4.98 Å². The zero-order valence-corrected chi connectivity index (χ0v) is 38.6. The topological polar surface area (TPSA) is 50.9 Å². The minimum absolute atomic E-state index is 0. The minimum atomic E-state index is -2.49. The number of benzene rings is 6. The second kappa shape index (κ2) is 16.4. The number of nitrogens with zero attached hydrogens (tertiary/aromatic N) is 3. The predicted octanol–water partition coefficient (Wildman–Crippen LogP) is 14.8. The molecule has 2 heterocycles. The molecule has 8 aromatic rings. The van der Waals surface area contributed by atoms with Gasteiger partial charge < -0.3 is 5.11 Å². The van der Waals surface area contributed by atoms with Gasteiger partial charge >= 0.3 is 0 Å². The van der Waals surface area contributed by atoms with Crippen molar-refractivity contribution in [2.75, 3.05) is 0 Å². The molecule has 0 bridgehead atoms. The summed E-state index contributed by atoms with van der Waals surface area (Å²) in [5, 5.41) is 12.4. The Hall–Kier alpha value is -5.57. The van der Waals surface area contributed by atoms with E-state index in [1.165, 1.54) is 0 Å². The van der Waals surface area contributed by atoms with Crippen LogP contribution in [0.5, 0.6) is 5.75 Å². The third-order valence-corrected chi connectivity index (χ3v) is 11.3. The van der Waals surface area contributed by atoms with Crippen molar-refractivity contribution in [2.24, 2.45) is 0 Å². The summed E-state index contributed by atoms with van der Waals surface area (Å²) in [4.78, 5) is 10.3. The molecule has 61 heavy (non-hydrogen) atoms. The molecular weight excluding hydrogens is 926 g/mol. The molecule has 0 aliphatic carbocycles. The maximum Gasteiger partial charge on any atom is 0.148 e. The minimum Gasteiger partial charge on any atom is -0.507 e. The van der Waals surface area contributed by atoms with Gasteiger partial charge in [0.15, 0.2) is 0 Å². The van der Waals surface area contributed by atoms with Crippen LogP contribution in [0.4, 0.5) is 0 Å². The molecule has 5 heteroatoms. The molecule has 0 saturated carbocycles. The Kier molecular flexibility index (Phi) is 9.69. The van der Waals surface area contributed by atoms with Crippen molar-refractivity contribution in [2.45, 2.75) is 92.3 Å². The summed E-state index contributed by atoms with van der Waals surface area (Å²) < 4.78 is 52.1. The molecule has 6 aromatic carbocycles. The van der Waals surface area contributed by atoms with Gasteiger partial charge in [0.2, 0.25) is 0 Å². The van der Waals surface area contributed by atoms with E-state index in [9.17, 15) is 5.11 Å². The average molecular weight is 988 g/mol. The van der Waals surface area contributed by atoms with Crippen molar-refractivity contribution in [3.8, 4) is 67.5 Å². The van der Waals surface area contributed by atoms with Crippen molar-refractivity contribution in [1.82, 2.24) is 14.5 Å². The van der Waals surface area contributed by atoms with E-state index in [4.69, 9.17) is 18.2 Å². The Morgan fingerprint density at radius 2 is 1.30 bits per heavy atom. The Morgan fingerprint density at radius 1 is 0.590 bits per heavy atom. The Balaban J connectivity index is 0.00000666. The molecule has 4 nitrogen and oxygen atoms in total. The van der Waals surface area contributed by atoms with Gasteiger partial charge in [-0.1, -0.05) is 176 Å². The summed E-state index contributed by atoms with van der Waals surface area (Å²) in [6, 6.07) is 44.4. The monoisotopic (exact) mass is 987 g/mol. The Bertz CT molecular complexity index is 3110. The molecule has 0 amide bonds. The van der Waals surface area contributed by atoms with Gasteiger partial charge in [-0.05, 0) is 87.6 Å². The van der Waals surface area contributed by atoms with Crippen LogP contribution < -0.4 is 0 Å². The molecule has 0 saturated heterocycles. The number of phenolic OH excluding ortho intramolecular Hbond substituents is 1. The predicted molar refractivity (Wildman–Crippen MR) is 252 cm³/mol. The largest absolute Gasteiger partial charge is 0.507 e. The molecule has 0 radical (unpaired) electrons. The number of rotatable bonds is 6. The maximum absolute atomic E-state index is 12.4. The number of hydrogen-bond acceptors (Lipinski definition) is 3. The van der Waals surface area contributed by atoms with E-state index >= 15 is 0 Å². The summed E-state index contributed by atoms with van der Waals surface area (Å²) in [6.07, 6.45) is 1.75. The van der Waals surface area contributed by atoms with Crippen LogP contribution in [0.2, 0.25) is 0 Å². The van der Waals surface area contributed by atoms with Gasteiger partial charge in [0.25, 0.3) is 0 Å². The molecule has 1 N–H and O–H groups in total. The first-order chi connectivity index (χ1) is 30.8. The number of aromatic hydroxyl groups is 1. The second-order valence-electron chi connectivity index (χ2n) is 18.9. The van der Waals surface area contributed by atoms with Crippen molar-refractivity contribution >= 4 is 11.0 Å². The molecule has 0 fully saturated rings. The van der Waals surface area contributed by atoms with Gasteiger partial charge in [0.1, 0.15) is 11.6 Å². The first-order valence-corrected chi connectivity index (χ1v) is 20.5. The van der Waals surface area contributed by atoms with Crippen LogP contribution in [-0.4, -0.2) is 19.6 Å². The summed E-state index contributed by atoms with van der Waals surface area (Å²) in [7, 11) is 0. The molecule has 0 aliphatic heterocycles. The van der Waals surface area contributed by atoms with E-state index in [1.807, 2.05) is 83.4 Å². The van der Waals surface area contributed by atoms with E-state index in [1.54, 1.807) is 24.4 Å². The van der Waals surface area contributed by atoms with E-state index in [0.29, 0.717) is 33.8 Å². The maximum atomic E-state index is 12.4. The van der Waals surface area contributed by atoms with Crippen LogP contribution in [0.1, 0.15) is 98.4 Å². The quantitative estimate of drug-likeness (QED) is 0.169. The Labute approximate surface area is 385 Å². The molecule has 2 aromatic heterocycles. The van der Waals surface area contributed by atoms with Crippen LogP contribution in [0.25, 0.3) is 72.7 Å². The molecule has 0 spiro atoms. The van der Waals surface area contributed by atoms with Gasteiger partial charge in [-0.3, -0.25) is 9.55 Å². The van der Waals surface area contributed by atoms with Gasteiger partial charge in [-0.2, -0.15) is 0 Å². The van der Waals surface area contributed by atoms with E-state index in [2.05, 4.69) is 98.7 Å². The van der Waals surface area contributed by atoms with E-state index in [-0.39, 0.29) is 48.8 Å². The standard InChI is InChI=1S/C56H56N3O.Pt/c1-35-20-22-38(23-21-35)39-26-27-57-48(32-39)42-30-40(37-16-13-12-14-17-37)29-41(31-42)45-18-15-19-50-51(45)58-53(59(50)49-25-24-43(28-36(49)2)54(3,4)5)46-33-44(55(6,7)8)34-47(52(46)60)56(9,10)11;/h12-30,32-34,60H,1-11H3;/q-1;/i1D3,2D3;. The zero-order valence-electron chi connectivity index (χ0n) is 42.3. The van der Waals surface area contributed by atoms with E-state index in [0.717, 1.165) is 55.6 Å². The van der Waals surface area contributed by atoms with Crippen molar-refractivity contribution in [3.63, 3.8) is 0 Å². The summed E-state index contributed by atoms with van der Waals surface area (Å²) >= 11 is 0. The first-order valence-electron chi connectivity index (χ1n) is 23.5. The molecule has 312 valence electrons. The van der Waals surface area contributed by atoms with Crippen LogP contribution in [0.3, 0.4) is 0 Å². The summed E-state index contributed by atoms with van der Waals surface area (Å²) in [5.41, 5.74) is 10.8. The van der Waals surface area contributed by atoms with Crippen LogP contribution in [0, 0.1) is 19.8 Å². The smallest absolute Gasteiger partial charge is 0.148 e. The number of fused-ring (bicyclic) bond motifs is 1. The van der Waals surface area contributed by atoms with Crippen LogP contribution in [-0.2, 0) is 37.3 Å². The SMILES string of the molecule is [2H]C([2H])([2H])c1ccc(-c2ccnc(-c3[c-]c(-c4cccc5c4nc(-c4cc(C(C)(C)C)cc(C(C)(C)C)c4O)n5-c4ccc(C(C)(C)C)cc4C([2H])([2H])[2H])cc(-c4ccccc4)c3)c2)cc1.[Pt]. The fraction of sp³-hybridized carbons (Fsp3) is 0.250. The normalized spacial score (nSPS) is 14.0. The molecule has 8 rings (SSSR count). The number of imidazole rings is 1.